The van der Waals surface area contributed by atoms with Gasteiger partial charge in [0.2, 0.25) is 23.6 Å². The summed E-state index contributed by atoms with van der Waals surface area (Å²) >= 11 is 0. The zero-order valence-electron chi connectivity index (χ0n) is 17.7. The molecule has 0 bridgehead atoms. The number of hydrogen-bond acceptors (Lipinski definition) is 6. The average molecular weight is 428 g/mol. The van der Waals surface area contributed by atoms with Crippen LogP contribution in [0.25, 0.3) is 0 Å². The van der Waals surface area contributed by atoms with Crippen molar-refractivity contribution >= 4 is 29.6 Å². The molecule has 1 heterocycles. The summed E-state index contributed by atoms with van der Waals surface area (Å²) in [6.45, 7) is 5.64. The van der Waals surface area contributed by atoms with Gasteiger partial charge in [-0.3, -0.25) is 19.2 Å². The van der Waals surface area contributed by atoms with Crippen molar-refractivity contribution in [1.29, 1.82) is 0 Å². The van der Waals surface area contributed by atoms with Crippen LogP contribution in [0.1, 0.15) is 52.9 Å². The first-order valence-electron chi connectivity index (χ1n) is 10.1. The molecule has 0 radical (unpaired) electrons. The lowest BCUT2D eigenvalue weighted by molar-refractivity contribution is -0.145. The van der Waals surface area contributed by atoms with Crippen LogP contribution in [0, 0.1) is 5.92 Å². The van der Waals surface area contributed by atoms with Gasteiger partial charge in [0.15, 0.2) is 0 Å². The van der Waals surface area contributed by atoms with E-state index >= 15 is 0 Å². The molecule has 170 valence electrons. The van der Waals surface area contributed by atoms with E-state index in [1.165, 1.54) is 11.8 Å². The highest BCUT2D eigenvalue weighted by molar-refractivity contribution is 5.94. The first kappa shape index (κ1) is 25.3. The molecule has 4 unspecified atom stereocenters. The molecule has 0 aliphatic carbocycles. The molecule has 1 aliphatic heterocycles. The standard InChI is InChI=1S/C19H33N5O6/c1-10(2)9-13(23-16(26)11(3)20)18(28)24-8-4-5-14(24)17(27)22-12(19(29)30)6-7-15(21)25/h10-14H,4-9,20H2,1-3H3,(H2,21,25)(H,22,27)(H,23,26)(H,29,30). The molecule has 1 aliphatic rings. The Hall–Kier alpha value is -2.69. The monoisotopic (exact) mass is 427 g/mol. The summed E-state index contributed by atoms with van der Waals surface area (Å²) in [5, 5.41) is 14.3. The molecule has 1 saturated heterocycles. The highest BCUT2D eigenvalue weighted by Gasteiger charge is 2.39. The van der Waals surface area contributed by atoms with Gasteiger partial charge < -0.3 is 32.1 Å². The molecule has 0 saturated carbocycles. The quantitative estimate of drug-likeness (QED) is 0.271. The van der Waals surface area contributed by atoms with E-state index in [9.17, 15) is 29.1 Å². The number of rotatable bonds is 11. The fourth-order valence-corrected chi connectivity index (χ4v) is 3.31. The lowest BCUT2D eigenvalue weighted by Gasteiger charge is -2.30. The van der Waals surface area contributed by atoms with Crippen LogP contribution in [0.15, 0.2) is 0 Å². The number of primary amides is 1. The number of likely N-dealkylation sites (tertiary alicyclic amines) is 1. The predicted molar refractivity (Wildman–Crippen MR) is 108 cm³/mol. The van der Waals surface area contributed by atoms with Crippen molar-refractivity contribution in [3.05, 3.63) is 0 Å². The van der Waals surface area contributed by atoms with Crippen LogP contribution in [0.5, 0.6) is 0 Å². The summed E-state index contributed by atoms with van der Waals surface area (Å²) in [4.78, 5) is 61.5. The Morgan fingerprint density at radius 1 is 1.10 bits per heavy atom. The summed E-state index contributed by atoms with van der Waals surface area (Å²) in [5.74, 6) is -3.34. The van der Waals surface area contributed by atoms with Gasteiger partial charge in [-0.1, -0.05) is 13.8 Å². The van der Waals surface area contributed by atoms with Crippen molar-refractivity contribution in [2.75, 3.05) is 6.54 Å². The van der Waals surface area contributed by atoms with Crippen LogP contribution in [0.3, 0.4) is 0 Å². The molecular formula is C19H33N5O6. The molecule has 30 heavy (non-hydrogen) atoms. The molecule has 0 aromatic heterocycles. The Bertz CT molecular complexity index is 666. The van der Waals surface area contributed by atoms with E-state index in [0.29, 0.717) is 25.8 Å². The van der Waals surface area contributed by atoms with Crippen LogP contribution >= 0.6 is 0 Å². The number of carboxylic acid groups (broad SMARTS) is 1. The number of carboxylic acids is 1. The maximum atomic E-state index is 13.1. The van der Waals surface area contributed by atoms with E-state index in [-0.39, 0.29) is 18.8 Å². The Balaban J connectivity index is 2.91. The van der Waals surface area contributed by atoms with Crippen LogP contribution in [-0.4, -0.2) is 70.3 Å². The third kappa shape index (κ3) is 7.62. The van der Waals surface area contributed by atoms with E-state index < -0.39 is 53.8 Å². The van der Waals surface area contributed by atoms with Gasteiger partial charge in [-0.25, -0.2) is 4.79 Å². The predicted octanol–water partition coefficient (Wildman–Crippen LogP) is -1.31. The maximum absolute atomic E-state index is 13.1. The maximum Gasteiger partial charge on any atom is 0.326 e. The fourth-order valence-electron chi connectivity index (χ4n) is 3.31. The van der Waals surface area contributed by atoms with Crippen molar-refractivity contribution in [3.8, 4) is 0 Å². The summed E-state index contributed by atoms with van der Waals surface area (Å²) in [6.07, 6.45) is 0.980. The number of nitrogens with two attached hydrogens (primary N) is 2. The lowest BCUT2D eigenvalue weighted by atomic mass is 10.0. The highest BCUT2D eigenvalue weighted by atomic mass is 16.4. The van der Waals surface area contributed by atoms with E-state index in [0.717, 1.165) is 0 Å². The zero-order chi connectivity index (χ0) is 23.0. The molecule has 11 heteroatoms. The van der Waals surface area contributed by atoms with Gasteiger partial charge in [0.25, 0.3) is 0 Å². The molecule has 1 rings (SSSR count). The number of aliphatic carboxylic acids is 1. The van der Waals surface area contributed by atoms with Gasteiger partial charge in [0.1, 0.15) is 18.1 Å². The second-order valence-electron chi connectivity index (χ2n) is 8.07. The van der Waals surface area contributed by atoms with Gasteiger partial charge >= 0.3 is 5.97 Å². The fraction of sp³-hybridized carbons (Fsp3) is 0.737. The second-order valence-corrected chi connectivity index (χ2v) is 8.07. The number of nitrogens with zero attached hydrogens (tertiary/aromatic N) is 1. The molecule has 4 amide bonds. The molecular weight excluding hydrogens is 394 g/mol. The van der Waals surface area contributed by atoms with Crippen LogP contribution in [0.2, 0.25) is 0 Å². The van der Waals surface area contributed by atoms with Gasteiger partial charge in [0, 0.05) is 13.0 Å². The number of carbonyl (C=O) groups excluding carboxylic acids is 4. The Morgan fingerprint density at radius 2 is 1.73 bits per heavy atom. The van der Waals surface area contributed by atoms with Crippen molar-refractivity contribution in [1.82, 2.24) is 15.5 Å². The number of hydrogen-bond donors (Lipinski definition) is 5. The number of carbonyl (C=O) groups is 5. The molecule has 11 nitrogen and oxygen atoms in total. The minimum Gasteiger partial charge on any atom is -0.480 e. The summed E-state index contributed by atoms with van der Waals surface area (Å²) in [7, 11) is 0. The molecule has 1 fully saturated rings. The largest absolute Gasteiger partial charge is 0.480 e. The van der Waals surface area contributed by atoms with Crippen LogP contribution in [-0.2, 0) is 24.0 Å². The summed E-state index contributed by atoms with van der Waals surface area (Å²) < 4.78 is 0. The molecule has 0 aromatic carbocycles. The minimum absolute atomic E-state index is 0.104. The van der Waals surface area contributed by atoms with Crippen LogP contribution < -0.4 is 22.1 Å². The van der Waals surface area contributed by atoms with E-state index in [4.69, 9.17) is 11.5 Å². The SMILES string of the molecule is CC(C)CC(NC(=O)C(C)N)C(=O)N1CCCC1C(=O)NC(CCC(N)=O)C(=O)O. The first-order valence-corrected chi connectivity index (χ1v) is 10.1. The highest BCUT2D eigenvalue weighted by Crippen LogP contribution is 2.21. The third-order valence-corrected chi connectivity index (χ3v) is 4.87. The van der Waals surface area contributed by atoms with Crippen molar-refractivity contribution in [2.45, 2.75) is 77.0 Å². The molecule has 4 atom stereocenters. The zero-order valence-corrected chi connectivity index (χ0v) is 17.7. The molecule has 0 spiro atoms. The van der Waals surface area contributed by atoms with Crippen LogP contribution in [0.4, 0.5) is 0 Å². The first-order chi connectivity index (χ1) is 13.9. The summed E-state index contributed by atoms with van der Waals surface area (Å²) in [6, 6.07) is -3.75. The Kier molecular flexibility index (Phi) is 9.70. The topological polar surface area (TPSA) is 185 Å². The van der Waals surface area contributed by atoms with Crippen molar-refractivity contribution < 1.29 is 29.1 Å². The van der Waals surface area contributed by atoms with E-state index in [2.05, 4.69) is 10.6 Å². The van der Waals surface area contributed by atoms with Gasteiger partial charge in [-0.15, -0.1) is 0 Å². The number of amides is 4. The van der Waals surface area contributed by atoms with Gasteiger partial charge in [-0.05, 0) is 38.5 Å². The number of nitrogens with one attached hydrogen (secondary N) is 2. The van der Waals surface area contributed by atoms with Gasteiger partial charge in [0.05, 0.1) is 6.04 Å². The molecule has 0 aromatic rings. The van der Waals surface area contributed by atoms with Crippen molar-refractivity contribution in [2.24, 2.45) is 17.4 Å². The normalized spacial score (nSPS) is 19.1. The van der Waals surface area contributed by atoms with Crippen molar-refractivity contribution in [3.63, 3.8) is 0 Å². The summed E-state index contributed by atoms with van der Waals surface area (Å²) in [5.41, 5.74) is 10.6. The Labute approximate surface area is 175 Å². The Morgan fingerprint density at radius 3 is 2.23 bits per heavy atom. The third-order valence-electron chi connectivity index (χ3n) is 4.87. The lowest BCUT2D eigenvalue weighted by Crippen LogP contribution is -2.56. The van der Waals surface area contributed by atoms with E-state index in [1.807, 2.05) is 13.8 Å². The minimum atomic E-state index is -1.29. The molecule has 7 N–H and O–H groups in total. The second kappa shape index (κ2) is 11.5. The van der Waals surface area contributed by atoms with E-state index in [1.54, 1.807) is 0 Å². The smallest absolute Gasteiger partial charge is 0.326 e. The van der Waals surface area contributed by atoms with Gasteiger partial charge in [-0.2, -0.15) is 0 Å². The average Bonchev–Trinajstić information content (AvgIpc) is 3.12.